The van der Waals surface area contributed by atoms with Crippen molar-refractivity contribution < 1.29 is 85.8 Å². The molecule has 8 fully saturated rings. The first-order valence-electron chi connectivity index (χ1n) is 29.8. The van der Waals surface area contributed by atoms with Gasteiger partial charge in [0.2, 0.25) is 0 Å². The van der Waals surface area contributed by atoms with Crippen molar-refractivity contribution in [2.24, 2.45) is 34.5 Å². The molecule has 0 aromatic rings. The lowest BCUT2D eigenvalue weighted by Gasteiger charge is -2.47. The molecule has 17 atom stereocenters. The summed E-state index contributed by atoms with van der Waals surface area (Å²) in [4.78, 5) is 38.0. The first-order chi connectivity index (χ1) is 36.3. The SMILES string of the molecule is CC(C)C(O[C@@H]1[C@@H]2O[C@H]3CCC(CCOC(=O)C(C)(C)C)O[C@@H]3C(=O)[C@@H]2O[C@@H]1C[C@@H]1COC(C)(C)O1)C(C)C.CC(C)C(O[C@@H]1[C@@H]2O[C@H]3CCC(CCOC(=O)C(C)(C)C)O[C@@H]3[C@@H](O)[C@@H]2O[C@@H]1C[C@@H]1COC(C)(C)O1)C(C)C. The fourth-order valence-corrected chi connectivity index (χ4v) is 12.6. The maximum atomic E-state index is 13.8. The number of hydrogen-bond acceptors (Lipinski definition) is 18. The van der Waals surface area contributed by atoms with Gasteiger partial charge in [0.1, 0.15) is 54.9 Å². The number of fused-ring (bicyclic) bond motifs is 4. The molecule has 0 radical (unpaired) electrons. The molecule has 8 aliphatic heterocycles. The second-order valence-electron chi connectivity index (χ2n) is 27.8. The smallest absolute Gasteiger partial charge is 0.311 e. The Bertz CT molecular complexity index is 1940. The van der Waals surface area contributed by atoms with Crippen LogP contribution in [0.15, 0.2) is 0 Å². The minimum absolute atomic E-state index is 0.00346. The number of aliphatic hydroxyl groups is 1. The largest absolute Gasteiger partial charge is 0.465 e. The van der Waals surface area contributed by atoms with Gasteiger partial charge in [-0.25, -0.2) is 0 Å². The summed E-state index contributed by atoms with van der Waals surface area (Å²) >= 11 is 0. The summed E-state index contributed by atoms with van der Waals surface area (Å²) in [7, 11) is 0. The Morgan fingerprint density at radius 1 is 0.538 bits per heavy atom. The number of carbonyl (C=O) groups is 3. The third-order valence-electron chi connectivity index (χ3n) is 16.4. The Morgan fingerprint density at radius 3 is 1.42 bits per heavy atom. The van der Waals surface area contributed by atoms with Crippen LogP contribution in [0.1, 0.15) is 176 Å². The lowest BCUT2D eigenvalue weighted by atomic mass is 9.87. The number of ketones is 1. The number of esters is 2. The van der Waals surface area contributed by atoms with E-state index in [1.807, 2.05) is 69.2 Å². The molecule has 18 nitrogen and oxygen atoms in total. The van der Waals surface area contributed by atoms with Gasteiger partial charge in [0.25, 0.3) is 0 Å². The van der Waals surface area contributed by atoms with Crippen LogP contribution in [0.2, 0.25) is 0 Å². The summed E-state index contributed by atoms with van der Waals surface area (Å²) in [5, 5.41) is 11.5. The lowest BCUT2D eigenvalue weighted by Crippen LogP contribution is -2.61. The topological polar surface area (TPSA) is 201 Å². The highest BCUT2D eigenvalue weighted by Gasteiger charge is 2.61. The molecule has 8 aliphatic rings. The van der Waals surface area contributed by atoms with Gasteiger partial charge >= 0.3 is 11.9 Å². The fraction of sp³-hybridized carbons (Fsp3) is 0.950. The van der Waals surface area contributed by atoms with Crippen LogP contribution in [0.5, 0.6) is 0 Å². The van der Waals surface area contributed by atoms with E-state index in [9.17, 15) is 19.5 Å². The average Bonchev–Trinajstić information content (AvgIpc) is 4.14. The van der Waals surface area contributed by atoms with Gasteiger partial charge < -0.3 is 71.4 Å². The number of aliphatic hydroxyl groups excluding tert-OH is 1. The minimum Gasteiger partial charge on any atom is -0.465 e. The van der Waals surface area contributed by atoms with E-state index < -0.39 is 71.2 Å². The molecule has 18 heteroatoms. The Kier molecular flexibility index (Phi) is 21.2. The molecular formula is C60H102O18. The molecular weight excluding hydrogens is 1010 g/mol. The highest BCUT2D eigenvalue weighted by molar-refractivity contribution is 5.90. The molecule has 0 spiro atoms. The summed E-state index contributed by atoms with van der Waals surface area (Å²) < 4.78 is 86.9. The van der Waals surface area contributed by atoms with E-state index in [-0.39, 0.29) is 91.5 Å². The quantitative estimate of drug-likeness (QED) is 0.129. The molecule has 0 saturated carbocycles. The Balaban J connectivity index is 0.000000226. The minimum atomic E-state index is -0.849. The number of rotatable bonds is 18. The van der Waals surface area contributed by atoms with Crippen molar-refractivity contribution in [1.29, 1.82) is 0 Å². The zero-order valence-corrected chi connectivity index (χ0v) is 50.7. The number of ether oxygens (including phenoxy) is 14. The van der Waals surface area contributed by atoms with Crippen LogP contribution in [0, 0.1) is 34.5 Å². The van der Waals surface area contributed by atoms with Crippen molar-refractivity contribution in [3.05, 3.63) is 0 Å². The van der Waals surface area contributed by atoms with Crippen LogP contribution in [-0.4, -0.2) is 177 Å². The van der Waals surface area contributed by atoms with Gasteiger partial charge in [-0.05, 0) is 119 Å². The highest BCUT2D eigenvalue weighted by Crippen LogP contribution is 2.45. The molecule has 0 aromatic heterocycles. The van der Waals surface area contributed by atoms with E-state index in [1.165, 1.54) is 0 Å². The second kappa shape index (κ2) is 25.9. The predicted octanol–water partition coefficient (Wildman–Crippen LogP) is 8.24. The van der Waals surface area contributed by atoms with Gasteiger partial charge in [-0.3, -0.25) is 14.4 Å². The predicted molar refractivity (Wildman–Crippen MR) is 287 cm³/mol. The van der Waals surface area contributed by atoms with Crippen LogP contribution in [0.3, 0.4) is 0 Å². The molecule has 78 heavy (non-hydrogen) atoms. The van der Waals surface area contributed by atoms with Crippen LogP contribution in [0.25, 0.3) is 0 Å². The number of carbonyl (C=O) groups excluding carboxylic acids is 3. The van der Waals surface area contributed by atoms with Crippen LogP contribution in [0.4, 0.5) is 0 Å². The lowest BCUT2D eigenvalue weighted by molar-refractivity contribution is -0.263. The monoisotopic (exact) mass is 1110 g/mol. The number of Topliss-reactive ketones (excluding diaryl/α,β-unsaturated/α-hetero) is 1. The summed E-state index contributed by atoms with van der Waals surface area (Å²) in [6.45, 7) is 37.4. The molecule has 0 aromatic carbocycles. The van der Waals surface area contributed by atoms with Crippen molar-refractivity contribution in [3.63, 3.8) is 0 Å². The molecule has 2 unspecified atom stereocenters. The zero-order chi connectivity index (χ0) is 57.4. The molecule has 0 aliphatic carbocycles. The van der Waals surface area contributed by atoms with Gasteiger partial charge in [0.15, 0.2) is 17.4 Å². The van der Waals surface area contributed by atoms with Crippen molar-refractivity contribution >= 4 is 17.7 Å². The molecule has 0 amide bonds. The first-order valence-corrected chi connectivity index (χ1v) is 29.8. The zero-order valence-electron chi connectivity index (χ0n) is 50.7. The van der Waals surface area contributed by atoms with E-state index in [0.29, 0.717) is 75.6 Å². The highest BCUT2D eigenvalue weighted by atomic mass is 16.8. The average molecular weight is 1110 g/mol. The van der Waals surface area contributed by atoms with Gasteiger partial charge in [0.05, 0.1) is 98.3 Å². The first kappa shape index (κ1) is 63.7. The Morgan fingerprint density at radius 2 is 0.974 bits per heavy atom. The van der Waals surface area contributed by atoms with Crippen LogP contribution in [-0.2, 0) is 80.7 Å². The van der Waals surface area contributed by atoms with Gasteiger partial charge in [-0.1, -0.05) is 55.4 Å². The molecule has 450 valence electrons. The van der Waals surface area contributed by atoms with E-state index >= 15 is 0 Å². The van der Waals surface area contributed by atoms with E-state index in [0.717, 1.165) is 19.3 Å². The standard InChI is InChI=1S/C30H52O9.C30H50O9/c2*1-16(2)23(17(3)4)38-25-21(14-19-15-34-30(8,9)39-19)37-26-22(31)24-20(36-27(25)26)11-10-18(35-24)12-13-33-28(32)29(5,6)7/h16-27,31H,10-15H2,1-9H3;16-21,23-27H,10-15H2,1-9H3/t18?,19-,20+,21-,22-,24+,25+,26+,27+;18?,19-,20+,21-,24+,25+,26+,27+/m11/s1. The van der Waals surface area contributed by atoms with E-state index in [1.54, 1.807) is 0 Å². The second-order valence-corrected chi connectivity index (χ2v) is 27.8. The van der Waals surface area contributed by atoms with E-state index in [2.05, 4.69) is 55.4 Å². The Labute approximate surface area is 466 Å². The van der Waals surface area contributed by atoms with Crippen molar-refractivity contribution in [2.75, 3.05) is 26.4 Å². The van der Waals surface area contributed by atoms with Gasteiger partial charge in [0, 0.05) is 25.7 Å². The molecule has 8 rings (SSSR count). The van der Waals surface area contributed by atoms with Crippen LogP contribution >= 0.6 is 0 Å². The third kappa shape index (κ3) is 15.8. The maximum Gasteiger partial charge on any atom is 0.311 e. The summed E-state index contributed by atoms with van der Waals surface area (Å²) in [5.41, 5.74) is -1.09. The normalized spacial score (nSPS) is 37.4. The molecule has 0 bridgehead atoms. The van der Waals surface area contributed by atoms with Gasteiger partial charge in [-0.2, -0.15) is 0 Å². The molecule has 8 heterocycles. The molecule has 8 saturated heterocycles. The summed E-state index contributed by atoms with van der Waals surface area (Å²) in [6, 6.07) is 0. The molecule has 1 N–H and O–H groups in total. The number of hydrogen-bond donors (Lipinski definition) is 1. The van der Waals surface area contributed by atoms with Gasteiger partial charge in [-0.15, -0.1) is 0 Å². The fourth-order valence-electron chi connectivity index (χ4n) is 12.6. The maximum absolute atomic E-state index is 13.8. The summed E-state index contributed by atoms with van der Waals surface area (Å²) in [5.74, 6) is -0.578. The van der Waals surface area contributed by atoms with E-state index in [4.69, 9.17) is 66.3 Å². The Hall–Kier alpha value is -1.91. The van der Waals surface area contributed by atoms with Crippen molar-refractivity contribution in [3.8, 4) is 0 Å². The van der Waals surface area contributed by atoms with Crippen LogP contribution < -0.4 is 0 Å². The third-order valence-corrected chi connectivity index (χ3v) is 16.4. The van der Waals surface area contributed by atoms with Crippen molar-refractivity contribution in [2.45, 2.75) is 304 Å². The van der Waals surface area contributed by atoms with Crippen molar-refractivity contribution in [1.82, 2.24) is 0 Å². The summed E-state index contributed by atoms with van der Waals surface area (Å²) in [6.07, 6.45) is -1.53.